The number of aliphatic hydroxyl groups is 1. The minimum absolute atomic E-state index is 0.107. The van der Waals surface area contributed by atoms with E-state index < -0.39 is 6.10 Å². The molecule has 0 saturated carbocycles. The van der Waals surface area contributed by atoms with Crippen LogP contribution in [0.15, 0.2) is 48.5 Å². The van der Waals surface area contributed by atoms with Crippen LogP contribution in [0.1, 0.15) is 6.92 Å². The van der Waals surface area contributed by atoms with Crippen LogP contribution in [0.2, 0.25) is 0 Å². The molecular formula is C22H30N3O4+. The second-order valence-electron chi connectivity index (χ2n) is 7.31. The summed E-state index contributed by atoms with van der Waals surface area (Å²) in [5, 5.41) is 13.1. The van der Waals surface area contributed by atoms with Crippen LogP contribution in [0.3, 0.4) is 0 Å². The van der Waals surface area contributed by atoms with Crippen LogP contribution < -0.4 is 24.6 Å². The first-order chi connectivity index (χ1) is 14.0. The highest BCUT2D eigenvalue weighted by Gasteiger charge is 2.23. The van der Waals surface area contributed by atoms with Crippen molar-refractivity contribution >= 4 is 17.3 Å². The van der Waals surface area contributed by atoms with E-state index >= 15 is 0 Å². The molecule has 29 heavy (non-hydrogen) atoms. The molecule has 0 spiro atoms. The topological polar surface area (TPSA) is 75.5 Å². The molecule has 0 aromatic heterocycles. The Hall–Kier alpha value is -2.77. The lowest BCUT2D eigenvalue weighted by molar-refractivity contribution is -0.903. The van der Waals surface area contributed by atoms with Gasteiger partial charge in [0.1, 0.15) is 30.8 Å². The van der Waals surface area contributed by atoms with Crippen LogP contribution in [0.25, 0.3) is 0 Å². The number of nitrogens with zero attached hydrogens (tertiary/aromatic N) is 1. The van der Waals surface area contributed by atoms with E-state index in [1.807, 2.05) is 12.1 Å². The molecule has 1 fully saturated rings. The van der Waals surface area contributed by atoms with Crippen molar-refractivity contribution in [1.82, 2.24) is 0 Å². The van der Waals surface area contributed by atoms with E-state index in [4.69, 9.17) is 9.47 Å². The molecule has 1 aliphatic heterocycles. The van der Waals surface area contributed by atoms with Crippen molar-refractivity contribution in [2.75, 3.05) is 56.7 Å². The standard InChI is InChI=1S/C22H29N3O4/c1-17(26)23-18-3-7-22(8-4-18)29-16-20(27)15-24-11-13-25(14-12-24)19-5-9-21(28-2)10-6-19/h3-10,20,27H,11-16H2,1-2H3,(H,23,26)/p+1/t20-/m0/s1. The highest BCUT2D eigenvalue weighted by molar-refractivity contribution is 5.88. The zero-order valence-electron chi connectivity index (χ0n) is 17.1. The number of hydrogen-bond acceptors (Lipinski definition) is 5. The summed E-state index contributed by atoms with van der Waals surface area (Å²) < 4.78 is 10.9. The van der Waals surface area contributed by atoms with Crippen molar-refractivity contribution in [3.63, 3.8) is 0 Å². The molecule has 1 aliphatic rings. The first kappa shape index (κ1) is 21.0. The normalized spacial score (nSPS) is 15.6. The fourth-order valence-electron chi connectivity index (χ4n) is 3.50. The third kappa shape index (κ3) is 6.37. The maximum Gasteiger partial charge on any atom is 0.221 e. The van der Waals surface area contributed by atoms with Gasteiger partial charge in [0.2, 0.25) is 5.91 Å². The van der Waals surface area contributed by atoms with Gasteiger partial charge in [-0.1, -0.05) is 0 Å². The third-order valence-corrected chi connectivity index (χ3v) is 5.05. The molecule has 1 heterocycles. The second kappa shape index (κ2) is 10.1. The van der Waals surface area contributed by atoms with Crippen molar-refractivity contribution in [2.24, 2.45) is 0 Å². The second-order valence-corrected chi connectivity index (χ2v) is 7.31. The number of aliphatic hydroxyl groups excluding tert-OH is 1. The third-order valence-electron chi connectivity index (χ3n) is 5.05. The van der Waals surface area contributed by atoms with Gasteiger partial charge in [-0.2, -0.15) is 0 Å². The van der Waals surface area contributed by atoms with Gasteiger partial charge in [-0.05, 0) is 48.5 Å². The first-order valence-electron chi connectivity index (χ1n) is 9.94. The number of anilines is 2. The highest BCUT2D eigenvalue weighted by Crippen LogP contribution is 2.19. The number of carbonyl (C=O) groups excluding carboxylic acids is 1. The Morgan fingerprint density at radius 2 is 1.72 bits per heavy atom. The number of nitrogens with one attached hydrogen (secondary N) is 2. The quantitative estimate of drug-likeness (QED) is 0.611. The molecule has 0 radical (unpaired) electrons. The molecule has 0 unspecified atom stereocenters. The Bertz CT molecular complexity index is 772. The maximum atomic E-state index is 11.0. The molecule has 3 N–H and O–H groups in total. The van der Waals surface area contributed by atoms with Crippen LogP contribution in [-0.2, 0) is 4.79 Å². The zero-order chi connectivity index (χ0) is 20.6. The Morgan fingerprint density at radius 1 is 1.10 bits per heavy atom. The van der Waals surface area contributed by atoms with Crippen molar-refractivity contribution in [1.29, 1.82) is 0 Å². The smallest absolute Gasteiger partial charge is 0.221 e. The Balaban J connectivity index is 1.39. The molecule has 0 aliphatic carbocycles. The predicted molar refractivity (Wildman–Crippen MR) is 113 cm³/mol. The average molecular weight is 400 g/mol. The van der Waals surface area contributed by atoms with Crippen molar-refractivity contribution in [3.05, 3.63) is 48.5 Å². The van der Waals surface area contributed by atoms with E-state index in [1.165, 1.54) is 17.5 Å². The van der Waals surface area contributed by atoms with Gasteiger partial charge < -0.3 is 29.7 Å². The van der Waals surface area contributed by atoms with Crippen LogP contribution in [0, 0.1) is 0 Å². The molecule has 7 heteroatoms. The summed E-state index contributed by atoms with van der Waals surface area (Å²) in [4.78, 5) is 14.8. The van der Waals surface area contributed by atoms with Crippen LogP contribution in [-0.4, -0.2) is 63.6 Å². The summed E-state index contributed by atoms with van der Waals surface area (Å²) in [6, 6.07) is 15.3. The van der Waals surface area contributed by atoms with Crippen LogP contribution in [0.4, 0.5) is 11.4 Å². The fourth-order valence-corrected chi connectivity index (χ4v) is 3.50. The van der Waals surface area contributed by atoms with Crippen molar-refractivity contribution in [3.8, 4) is 11.5 Å². The summed E-state index contributed by atoms with van der Waals surface area (Å²) in [6.45, 7) is 6.27. The molecule has 3 rings (SSSR count). The van der Waals surface area contributed by atoms with E-state index in [2.05, 4.69) is 22.3 Å². The molecule has 1 saturated heterocycles. The van der Waals surface area contributed by atoms with E-state index in [0.717, 1.165) is 37.6 Å². The monoisotopic (exact) mass is 400 g/mol. The Labute approximate surface area is 171 Å². The van der Waals surface area contributed by atoms with Gasteiger partial charge in [-0.15, -0.1) is 0 Å². The van der Waals surface area contributed by atoms with Gasteiger partial charge in [0.05, 0.1) is 33.3 Å². The number of piperazine rings is 1. The number of hydrogen-bond donors (Lipinski definition) is 3. The summed E-state index contributed by atoms with van der Waals surface area (Å²) in [5.74, 6) is 1.44. The molecular weight excluding hydrogens is 370 g/mol. The van der Waals surface area contributed by atoms with Crippen LogP contribution in [0.5, 0.6) is 11.5 Å². The number of rotatable bonds is 8. The zero-order valence-corrected chi connectivity index (χ0v) is 17.1. The largest absolute Gasteiger partial charge is 0.497 e. The van der Waals surface area contributed by atoms with Crippen molar-refractivity contribution < 1.29 is 24.3 Å². The summed E-state index contributed by atoms with van der Waals surface area (Å²) in [6.07, 6.45) is -0.521. The van der Waals surface area contributed by atoms with Gasteiger partial charge in [-0.3, -0.25) is 4.79 Å². The van der Waals surface area contributed by atoms with Crippen LogP contribution >= 0.6 is 0 Å². The molecule has 156 valence electrons. The lowest BCUT2D eigenvalue weighted by atomic mass is 10.2. The molecule has 7 nitrogen and oxygen atoms in total. The Kier molecular flexibility index (Phi) is 7.32. The SMILES string of the molecule is COc1ccc(N2CC[NH+](C[C@H](O)COc3ccc(NC(C)=O)cc3)CC2)cc1. The van der Waals surface area contributed by atoms with E-state index in [0.29, 0.717) is 12.3 Å². The van der Waals surface area contributed by atoms with Gasteiger partial charge in [0.25, 0.3) is 0 Å². The maximum absolute atomic E-state index is 11.0. The summed E-state index contributed by atoms with van der Waals surface area (Å²) in [7, 11) is 1.67. The van der Waals surface area contributed by atoms with Gasteiger partial charge >= 0.3 is 0 Å². The number of methoxy groups -OCH3 is 1. The van der Waals surface area contributed by atoms with E-state index in [-0.39, 0.29) is 12.5 Å². The van der Waals surface area contributed by atoms with Gasteiger partial charge in [0.15, 0.2) is 0 Å². The first-order valence-corrected chi connectivity index (χ1v) is 9.94. The van der Waals surface area contributed by atoms with E-state index in [9.17, 15) is 9.90 Å². The van der Waals surface area contributed by atoms with Gasteiger partial charge in [-0.25, -0.2) is 0 Å². The predicted octanol–water partition coefficient (Wildman–Crippen LogP) is 0.798. The molecule has 2 aromatic rings. The molecule has 0 bridgehead atoms. The lowest BCUT2D eigenvalue weighted by Crippen LogP contribution is -3.16. The number of carbonyl (C=O) groups is 1. The fraction of sp³-hybridized carbons (Fsp3) is 0.409. The lowest BCUT2D eigenvalue weighted by Gasteiger charge is -2.34. The minimum Gasteiger partial charge on any atom is -0.497 e. The minimum atomic E-state index is -0.521. The molecule has 1 atom stereocenters. The molecule has 2 aromatic carbocycles. The summed E-state index contributed by atoms with van der Waals surface area (Å²) >= 11 is 0. The highest BCUT2D eigenvalue weighted by atomic mass is 16.5. The number of benzene rings is 2. The van der Waals surface area contributed by atoms with Crippen molar-refractivity contribution in [2.45, 2.75) is 13.0 Å². The van der Waals surface area contributed by atoms with Gasteiger partial charge in [0, 0.05) is 18.3 Å². The Morgan fingerprint density at radius 3 is 2.31 bits per heavy atom. The average Bonchev–Trinajstić information content (AvgIpc) is 2.73. The van der Waals surface area contributed by atoms with E-state index in [1.54, 1.807) is 31.4 Å². The number of quaternary nitrogens is 1. The summed E-state index contributed by atoms with van der Waals surface area (Å²) in [5.41, 5.74) is 1.93. The molecule has 1 amide bonds. The number of amides is 1. The number of ether oxygens (including phenoxy) is 2.